The minimum atomic E-state index is -0.141. The van der Waals surface area contributed by atoms with Crippen LogP contribution in [-0.2, 0) is 12.3 Å². The molecule has 0 spiro atoms. The molecule has 5 nitrogen and oxygen atoms in total. The highest BCUT2D eigenvalue weighted by Crippen LogP contribution is 2.29. The molecule has 2 aromatic heterocycles. The molecule has 0 aliphatic rings. The summed E-state index contributed by atoms with van der Waals surface area (Å²) in [4.78, 5) is 16.8. The van der Waals surface area contributed by atoms with Crippen LogP contribution in [0, 0.1) is 0 Å². The van der Waals surface area contributed by atoms with Crippen LogP contribution in [0.5, 0.6) is 0 Å². The van der Waals surface area contributed by atoms with E-state index < -0.39 is 0 Å². The van der Waals surface area contributed by atoms with Crippen LogP contribution in [0.4, 0.5) is 0 Å². The lowest BCUT2D eigenvalue weighted by molar-refractivity contribution is 0.573. The van der Waals surface area contributed by atoms with E-state index in [-0.39, 0.29) is 5.69 Å². The molecular formula is C20H20N4OS. The Balaban J connectivity index is 1.70. The SMILES string of the molecule is CCCCn1c(SCc2nc3ccccc3c3ccccc23)n[nH]c1=O. The number of thioether (sulfide) groups is 1. The quantitative estimate of drug-likeness (QED) is 0.408. The summed E-state index contributed by atoms with van der Waals surface area (Å²) in [5.41, 5.74) is 1.87. The lowest BCUT2D eigenvalue weighted by atomic mass is 10.0. The summed E-state index contributed by atoms with van der Waals surface area (Å²) in [6, 6.07) is 16.6. The van der Waals surface area contributed by atoms with E-state index in [1.165, 1.54) is 5.39 Å². The summed E-state index contributed by atoms with van der Waals surface area (Å²) < 4.78 is 1.72. The zero-order chi connectivity index (χ0) is 17.9. The third-order valence-electron chi connectivity index (χ3n) is 4.48. The van der Waals surface area contributed by atoms with E-state index in [1.54, 1.807) is 16.3 Å². The van der Waals surface area contributed by atoms with Gasteiger partial charge in [-0.15, -0.1) is 5.10 Å². The molecule has 0 fully saturated rings. The molecule has 0 atom stereocenters. The molecule has 4 rings (SSSR count). The number of unbranched alkanes of at least 4 members (excludes halogenated alkanes) is 1. The first kappa shape index (κ1) is 16.8. The molecule has 2 heterocycles. The number of hydrogen-bond donors (Lipinski definition) is 1. The number of benzene rings is 2. The van der Waals surface area contributed by atoms with Gasteiger partial charge in [-0.05, 0) is 17.9 Å². The fraction of sp³-hybridized carbons (Fsp3) is 0.250. The number of para-hydroxylation sites is 1. The van der Waals surface area contributed by atoms with Crippen LogP contribution in [0.15, 0.2) is 58.5 Å². The maximum Gasteiger partial charge on any atom is 0.343 e. The molecule has 1 N–H and O–H groups in total. The minimum Gasteiger partial charge on any atom is -0.270 e. The van der Waals surface area contributed by atoms with E-state index in [1.807, 2.05) is 24.3 Å². The highest BCUT2D eigenvalue weighted by atomic mass is 32.2. The van der Waals surface area contributed by atoms with E-state index in [2.05, 4.69) is 41.4 Å². The van der Waals surface area contributed by atoms with Crippen molar-refractivity contribution in [2.75, 3.05) is 0 Å². The zero-order valence-electron chi connectivity index (χ0n) is 14.6. The molecule has 4 aromatic rings. The Morgan fingerprint density at radius 1 is 1.04 bits per heavy atom. The second-order valence-electron chi connectivity index (χ2n) is 6.23. The Hall–Kier alpha value is -2.60. The van der Waals surface area contributed by atoms with Gasteiger partial charge in [0, 0.05) is 23.1 Å². The molecule has 0 aliphatic heterocycles. The van der Waals surface area contributed by atoms with Gasteiger partial charge in [0.2, 0.25) is 0 Å². The number of H-pyrrole nitrogens is 1. The van der Waals surface area contributed by atoms with Crippen molar-refractivity contribution in [3.05, 3.63) is 64.7 Å². The highest BCUT2D eigenvalue weighted by Gasteiger charge is 2.12. The Labute approximate surface area is 155 Å². The third-order valence-corrected chi connectivity index (χ3v) is 5.47. The summed E-state index contributed by atoms with van der Waals surface area (Å²) >= 11 is 1.55. The van der Waals surface area contributed by atoms with Crippen molar-refractivity contribution in [3.8, 4) is 0 Å². The second kappa shape index (κ2) is 7.33. The van der Waals surface area contributed by atoms with Crippen molar-refractivity contribution >= 4 is 33.4 Å². The van der Waals surface area contributed by atoms with E-state index in [0.29, 0.717) is 12.3 Å². The number of hydrogen-bond acceptors (Lipinski definition) is 4. The molecule has 132 valence electrons. The van der Waals surface area contributed by atoms with Crippen LogP contribution in [0.25, 0.3) is 21.7 Å². The minimum absolute atomic E-state index is 0.141. The van der Waals surface area contributed by atoms with Gasteiger partial charge < -0.3 is 0 Å². The number of pyridine rings is 1. The maximum absolute atomic E-state index is 12.0. The number of aromatic amines is 1. The first-order chi connectivity index (χ1) is 12.8. The summed E-state index contributed by atoms with van der Waals surface area (Å²) in [6.07, 6.45) is 2.00. The van der Waals surface area contributed by atoms with Crippen LogP contribution in [-0.4, -0.2) is 19.7 Å². The third kappa shape index (κ3) is 3.12. The van der Waals surface area contributed by atoms with Crippen LogP contribution in [0.2, 0.25) is 0 Å². The predicted molar refractivity (Wildman–Crippen MR) is 107 cm³/mol. The predicted octanol–water partition coefficient (Wildman–Crippen LogP) is 4.37. The number of nitrogens with one attached hydrogen (secondary N) is 1. The number of fused-ring (bicyclic) bond motifs is 3. The van der Waals surface area contributed by atoms with Gasteiger partial charge in [-0.25, -0.2) is 9.89 Å². The maximum atomic E-state index is 12.0. The summed E-state index contributed by atoms with van der Waals surface area (Å²) in [7, 11) is 0. The standard InChI is InChI=1S/C20H20N4OS/c1-2-3-12-24-19(25)22-23-20(24)26-13-18-16-10-5-4-8-14(16)15-9-6-7-11-17(15)21-18/h4-11H,2-3,12-13H2,1H3,(H,22,25). The Bertz CT molecular complexity index is 1120. The Kier molecular flexibility index (Phi) is 4.75. The van der Waals surface area contributed by atoms with Gasteiger partial charge in [-0.3, -0.25) is 9.55 Å². The van der Waals surface area contributed by atoms with E-state index in [0.717, 1.165) is 40.0 Å². The summed E-state index contributed by atoms with van der Waals surface area (Å²) in [5, 5.41) is 11.0. The Morgan fingerprint density at radius 2 is 1.77 bits per heavy atom. The zero-order valence-corrected chi connectivity index (χ0v) is 15.4. The van der Waals surface area contributed by atoms with Gasteiger partial charge in [0.1, 0.15) is 0 Å². The molecule has 0 unspecified atom stereocenters. The number of aromatic nitrogens is 4. The molecule has 0 bridgehead atoms. The largest absolute Gasteiger partial charge is 0.343 e. The van der Waals surface area contributed by atoms with Crippen molar-refractivity contribution in [1.82, 2.24) is 19.7 Å². The lowest BCUT2D eigenvalue weighted by Crippen LogP contribution is -2.17. The fourth-order valence-electron chi connectivity index (χ4n) is 3.14. The molecule has 0 saturated heterocycles. The van der Waals surface area contributed by atoms with Crippen molar-refractivity contribution in [1.29, 1.82) is 0 Å². The van der Waals surface area contributed by atoms with Gasteiger partial charge >= 0.3 is 5.69 Å². The van der Waals surface area contributed by atoms with Crippen LogP contribution < -0.4 is 5.69 Å². The van der Waals surface area contributed by atoms with Crippen LogP contribution in [0.3, 0.4) is 0 Å². The summed E-state index contributed by atoms with van der Waals surface area (Å²) in [5.74, 6) is 0.668. The number of rotatable bonds is 6. The van der Waals surface area contributed by atoms with Crippen molar-refractivity contribution < 1.29 is 0 Å². The first-order valence-corrected chi connectivity index (χ1v) is 9.81. The van der Waals surface area contributed by atoms with Crippen LogP contribution >= 0.6 is 11.8 Å². The molecule has 0 radical (unpaired) electrons. The Morgan fingerprint density at radius 3 is 2.58 bits per heavy atom. The van der Waals surface area contributed by atoms with Crippen molar-refractivity contribution in [2.45, 2.75) is 37.2 Å². The van der Waals surface area contributed by atoms with Crippen molar-refractivity contribution in [3.63, 3.8) is 0 Å². The molecule has 6 heteroatoms. The van der Waals surface area contributed by atoms with Gasteiger partial charge in [0.05, 0.1) is 11.2 Å². The van der Waals surface area contributed by atoms with Gasteiger partial charge in [0.15, 0.2) is 5.16 Å². The summed E-state index contributed by atoms with van der Waals surface area (Å²) in [6.45, 7) is 2.81. The molecule has 0 saturated carbocycles. The molecular weight excluding hydrogens is 344 g/mol. The smallest absolute Gasteiger partial charge is 0.270 e. The second-order valence-corrected chi connectivity index (χ2v) is 7.17. The van der Waals surface area contributed by atoms with Gasteiger partial charge in [-0.1, -0.05) is 67.6 Å². The first-order valence-electron chi connectivity index (χ1n) is 8.82. The van der Waals surface area contributed by atoms with Crippen LogP contribution in [0.1, 0.15) is 25.5 Å². The lowest BCUT2D eigenvalue weighted by Gasteiger charge is -2.09. The fourth-order valence-corrected chi connectivity index (χ4v) is 4.07. The van der Waals surface area contributed by atoms with E-state index in [4.69, 9.17) is 4.98 Å². The molecule has 2 aromatic carbocycles. The average Bonchev–Trinajstić information content (AvgIpc) is 3.04. The van der Waals surface area contributed by atoms with Gasteiger partial charge in [0.25, 0.3) is 0 Å². The number of nitrogens with zero attached hydrogens (tertiary/aromatic N) is 3. The van der Waals surface area contributed by atoms with E-state index in [9.17, 15) is 4.79 Å². The highest BCUT2D eigenvalue weighted by molar-refractivity contribution is 7.98. The molecule has 0 amide bonds. The average molecular weight is 364 g/mol. The van der Waals surface area contributed by atoms with Crippen molar-refractivity contribution in [2.24, 2.45) is 0 Å². The molecule has 0 aliphatic carbocycles. The normalized spacial score (nSPS) is 11.4. The van der Waals surface area contributed by atoms with E-state index >= 15 is 0 Å². The monoisotopic (exact) mass is 364 g/mol. The molecule has 26 heavy (non-hydrogen) atoms. The topological polar surface area (TPSA) is 63.6 Å². The van der Waals surface area contributed by atoms with Gasteiger partial charge in [-0.2, -0.15) is 0 Å².